The molecule has 0 spiro atoms. The van der Waals surface area contributed by atoms with Crippen LogP contribution in [0.25, 0.3) is 11.1 Å². The van der Waals surface area contributed by atoms with Crippen LogP contribution in [0.5, 0.6) is 0 Å². The summed E-state index contributed by atoms with van der Waals surface area (Å²) in [5.41, 5.74) is 22.9. The molecule has 0 unspecified atom stereocenters. The summed E-state index contributed by atoms with van der Waals surface area (Å²) in [6, 6.07) is 60.2. The number of hydrogen-bond acceptors (Lipinski definition) is 3. The van der Waals surface area contributed by atoms with Crippen molar-refractivity contribution in [1.82, 2.24) is 0 Å². The van der Waals surface area contributed by atoms with Gasteiger partial charge in [0.05, 0.1) is 5.69 Å². The lowest BCUT2D eigenvalue weighted by molar-refractivity contribution is 0.332. The minimum atomic E-state index is -2.42. The summed E-state index contributed by atoms with van der Waals surface area (Å²) in [5, 5.41) is 0. The number of benzene rings is 8. The number of hydrogen-bond donors (Lipinski definition) is 0. The summed E-state index contributed by atoms with van der Waals surface area (Å²) in [6.45, 7) is 25.7. The maximum atomic E-state index is 9.36. The van der Waals surface area contributed by atoms with Crippen LogP contribution in [0.3, 0.4) is 0 Å². The second kappa shape index (κ2) is 16.4. The van der Waals surface area contributed by atoms with Gasteiger partial charge in [-0.3, -0.25) is 0 Å². The Labute approximate surface area is 441 Å². The molecule has 0 fully saturated rings. The fraction of sp³-hybridized carbons (Fsp3) is 0.304. The van der Waals surface area contributed by atoms with Crippen molar-refractivity contribution in [2.45, 2.75) is 136 Å². The van der Waals surface area contributed by atoms with Gasteiger partial charge in [0.1, 0.15) is 0 Å². The molecule has 0 radical (unpaired) electrons. The summed E-state index contributed by atoms with van der Waals surface area (Å²) in [5.74, 6) is 0. The van der Waals surface area contributed by atoms with Gasteiger partial charge >= 0.3 is 0 Å². The van der Waals surface area contributed by atoms with E-state index in [1.807, 2.05) is 12.1 Å². The maximum absolute atomic E-state index is 9.36. The van der Waals surface area contributed by atoms with Crippen molar-refractivity contribution in [3.05, 3.63) is 203 Å². The number of nitrogens with zero attached hydrogens (tertiary/aromatic N) is 3. The minimum absolute atomic E-state index is 0.00420. The molecule has 4 aliphatic rings. The van der Waals surface area contributed by atoms with Crippen LogP contribution < -0.4 is 31.1 Å². The predicted octanol–water partition coefficient (Wildman–Crippen LogP) is 17.1. The van der Waals surface area contributed by atoms with E-state index in [0.29, 0.717) is 5.56 Å². The Bertz CT molecular complexity index is 3580. The van der Waals surface area contributed by atoms with Crippen LogP contribution >= 0.6 is 0 Å². The monoisotopic (exact) mass is 957 g/mol. The number of fused-ring (bicyclic) bond motifs is 6. The Kier molecular flexibility index (Phi) is 9.81. The third-order valence-corrected chi connectivity index (χ3v) is 17.4. The molecule has 2 aliphatic heterocycles. The lowest BCUT2D eigenvalue weighted by Crippen LogP contribution is -2.61. The van der Waals surface area contributed by atoms with Crippen molar-refractivity contribution in [2.75, 3.05) is 14.7 Å². The lowest BCUT2D eigenvalue weighted by atomic mass is 9.33. The fourth-order valence-electron chi connectivity index (χ4n) is 13.7. The molecule has 8 aromatic carbocycles. The molecule has 4 heteroatoms. The van der Waals surface area contributed by atoms with Gasteiger partial charge in [0.15, 0.2) is 0 Å². The molecule has 0 saturated heterocycles. The number of anilines is 9. The molecular formula is C69H72BN3. The third kappa shape index (κ3) is 7.52. The van der Waals surface area contributed by atoms with Crippen LogP contribution in [0.4, 0.5) is 51.2 Å². The normalized spacial score (nSPS) is 18.1. The van der Waals surface area contributed by atoms with E-state index in [1.54, 1.807) is 0 Å². The van der Waals surface area contributed by atoms with E-state index in [4.69, 9.17) is 0 Å². The van der Waals surface area contributed by atoms with Gasteiger partial charge in [0, 0.05) is 55.2 Å². The van der Waals surface area contributed by atoms with E-state index in [2.05, 4.69) is 249 Å². The largest absolute Gasteiger partial charge is 0.311 e. The van der Waals surface area contributed by atoms with Crippen molar-refractivity contribution >= 4 is 74.3 Å². The first-order valence-corrected chi connectivity index (χ1v) is 26.7. The molecule has 366 valence electrons. The van der Waals surface area contributed by atoms with Crippen LogP contribution in [0.1, 0.15) is 138 Å². The van der Waals surface area contributed by atoms with E-state index in [-0.39, 0.29) is 33.8 Å². The Hall–Kier alpha value is -6.78. The van der Waals surface area contributed by atoms with Crippen molar-refractivity contribution in [3.8, 4) is 11.1 Å². The summed E-state index contributed by atoms with van der Waals surface area (Å²) in [4.78, 5) is 7.28. The first kappa shape index (κ1) is 43.8. The highest BCUT2D eigenvalue weighted by molar-refractivity contribution is 7.00. The van der Waals surface area contributed by atoms with E-state index >= 15 is 0 Å². The first-order valence-electron chi connectivity index (χ1n) is 28.2. The molecule has 0 bridgehead atoms. The van der Waals surface area contributed by atoms with Gasteiger partial charge in [-0.25, -0.2) is 0 Å². The number of rotatable bonds is 6. The van der Waals surface area contributed by atoms with Gasteiger partial charge in [-0.1, -0.05) is 167 Å². The van der Waals surface area contributed by atoms with Crippen LogP contribution in [-0.4, -0.2) is 6.71 Å². The van der Waals surface area contributed by atoms with E-state index < -0.39 is 6.85 Å². The second-order valence-corrected chi connectivity index (χ2v) is 25.5. The zero-order chi connectivity index (χ0) is 53.6. The van der Waals surface area contributed by atoms with Crippen molar-refractivity contribution in [3.63, 3.8) is 0 Å². The molecule has 0 aromatic heterocycles. The average molecular weight is 957 g/mol. The topological polar surface area (TPSA) is 9.72 Å². The standard InChI is InChI=1S/C69H72BN3/c1-44-35-62-64-63(36-44)73(59-41-54-52(37-45(59)2)66(6,7)33-34-67(54,8)9)60-39-50(71(48-25-19-15-20-26-48)49-27-21-16-22-28-49)30-31-56(60)70(64)57-40-53-55(69(12,13)43-68(53,10)11)42-61(57)72(62)58-32-29-47(65(3,4)5)38-51(58)46-23-17-14-18-24-46/h14-32,35-42H,33-34,43H2,1-13H3/i1D3. The smallest absolute Gasteiger partial charge is 0.252 e. The summed E-state index contributed by atoms with van der Waals surface area (Å²) < 4.78 is 28.1. The summed E-state index contributed by atoms with van der Waals surface area (Å²) >= 11 is 0. The Morgan fingerprint density at radius 2 is 1.00 bits per heavy atom. The third-order valence-electron chi connectivity index (χ3n) is 17.4. The highest BCUT2D eigenvalue weighted by Crippen LogP contribution is 2.55. The molecule has 0 N–H and O–H groups in total. The minimum Gasteiger partial charge on any atom is -0.311 e. The van der Waals surface area contributed by atoms with Gasteiger partial charge < -0.3 is 14.7 Å². The summed E-state index contributed by atoms with van der Waals surface area (Å²) in [6.07, 6.45) is 3.21. The van der Waals surface area contributed by atoms with Gasteiger partial charge in [0.2, 0.25) is 0 Å². The maximum Gasteiger partial charge on any atom is 0.252 e. The van der Waals surface area contributed by atoms with Crippen molar-refractivity contribution in [1.29, 1.82) is 0 Å². The van der Waals surface area contributed by atoms with E-state index in [0.717, 1.165) is 92.6 Å². The Morgan fingerprint density at radius 3 is 1.59 bits per heavy atom. The van der Waals surface area contributed by atoms with Crippen molar-refractivity contribution < 1.29 is 4.11 Å². The van der Waals surface area contributed by atoms with Crippen LogP contribution in [-0.2, 0) is 27.1 Å². The van der Waals surface area contributed by atoms with Gasteiger partial charge in [-0.15, -0.1) is 0 Å². The molecule has 2 aliphatic carbocycles. The Balaban J connectivity index is 1.24. The van der Waals surface area contributed by atoms with Crippen LogP contribution in [0.15, 0.2) is 164 Å². The van der Waals surface area contributed by atoms with Crippen LogP contribution in [0, 0.1) is 13.8 Å². The Morgan fingerprint density at radius 1 is 0.479 bits per heavy atom. The molecule has 73 heavy (non-hydrogen) atoms. The lowest BCUT2D eigenvalue weighted by Gasteiger charge is -2.47. The summed E-state index contributed by atoms with van der Waals surface area (Å²) in [7, 11) is 0. The highest BCUT2D eigenvalue weighted by Gasteiger charge is 2.49. The second-order valence-electron chi connectivity index (χ2n) is 25.5. The molecule has 2 heterocycles. The molecule has 8 aromatic rings. The zero-order valence-electron chi connectivity index (χ0n) is 48.1. The molecular weight excluding hydrogens is 882 g/mol. The average Bonchev–Trinajstić information content (AvgIpc) is 3.69. The van der Waals surface area contributed by atoms with Crippen LogP contribution in [0.2, 0.25) is 0 Å². The van der Waals surface area contributed by atoms with Gasteiger partial charge in [-0.2, -0.15) is 0 Å². The molecule has 0 atom stereocenters. The molecule has 3 nitrogen and oxygen atoms in total. The predicted molar refractivity (Wildman–Crippen MR) is 315 cm³/mol. The molecule has 12 rings (SSSR count). The zero-order valence-corrected chi connectivity index (χ0v) is 45.1. The van der Waals surface area contributed by atoms with Crippen molar-refractivity contribution in [2.24, 2.45) is 0 Å². The number of aryl methyl sites for hydroxylation is 2. The van der Waals surface area contributed by atoms with E-state index in [9.17, 15) is 4.11 Å². The SMILES string of the molecule is [2H]C([2H])([2H])c1cc2c3c(c1)N(c1ccc(C(C)(C)C)cc1-c1ccccc1)c1cc4c(cc1B3c1ccc(N(c3ccccc3)c3ccccc3)cc1N2c1cc2c(cc1C)C(C)(C)CCC2(C)C)C(C)(C)CC4(C)C. The highest BCUT2D eigenvalue weighted by atomic mass is 15.2. The molecule has 0 amide bonds. The van der Waals surface area contributed by atoms with E-state index in [1.165, 1.54) is 38.7 Å². The first-order chi connectivity index (χ1) is 35.8. The van der Waals surface area contributed by atoms with Gasteiger partial charge in [-0.05, 0) is 194 Å². The van der Waals surface area contributed by atoms with Gasteiger partial charge in [0.25, 0.3) is 6.71 Å². The number of para-hydroxylation sites is 2. The fourth-order valence-corrected chi connectivity index (χ4v) is 13.7. The molecule has 0 saturated carbocycles. The quantitative estimate of drug-likeness (QED) is 0.154.